The first kappa shape index (κ1) is 13.3. The van der Waals surface area contributed by atoms with Crippen molar-refractivity contribution in [1.29, 1.82) is 0 Å². The van der Waals surface area contributed by atoms with E-state index < -0.39 is 5.60 Å². The lowest BCUT2D eigenvalue weighted by Gasteiger charge is -2.38. The molecule has 1 aliphatic rings. The number of hydrogen-bond acceptors (Lipinski definition) is 4. The molecule has 0 spiro atoms. The number of hydrogen-bond donors (Lipinski definition) is 2. The second-order valence-electron chi connectivity index (χ2n) is 5.58. The van der Waals surface area contributed by atoms with E-state index in [9.17, 15) is 5.11 Å². The smallest absolute Gasteiger partial charge is 0.0736 e. The van der Waals surface area contributed by atoms with Gasteiger partial charge >= 0.3 is 0 Å². The molecule has 0 aromatic carbocycles. The maximum atomic E-state index is 10.7. The molecule has 0 amide bonds. The quantitative estimate of drug-likeness (QED) is 0.858. The van der Waals surface area contributed by atoms with Crippen LogP contribution in [0.5, 0.6) is 0 Å². The van der Waals surface area contributed by atoms with Crippen molar-refractivity contribution in [3.63, 3.8) is 0 Å². The van der Waals surface area contributed by atoms with Crippen LogP contribution in [0.2, 0.25) is 0 Å². The zero-order valence-electron chi connectivity index (χ0n) is 11.1. The van der Waals surface area contributed by atoms with Crippen LogP contribution in [0.3, 0.4) is 0 Å². The summed E-state index contributed by atoms with van der Waals surface area (Å²) in [5, 5.41) is 10.7. The predicted molar refractivity (Wildman–Crippen MR) is 71.1 cm³/mol. The van der Waals surface area contributed by atoms with Gasteiger partial charge in [0, 0.05) is 37.5 Å². The Hall–Kier alpha value is -1.13. The molecular weight excluding hydrogens is 228 g/mol. The molecule has 2 heterocycles. The molecule has 2 atom stereocenters. The highest BCUT2D eigenvalue weighted by molar-refractivity contribution is 5.45. The molecule has 0 bridgehead atoms. The van der Waals surface area contributed by atoms with E-state index in [2.05, 4.69) is 18.8 Å². The van der Waals surface area contributed by atoms with E-state index in [-0.39, 0.29) is 6.10 Å². The van der Waals surface area contributed by atoms with Crippen LogP contribution < -0.4 is 5.73 Å². The molecule has 0 saturated carbocycles. The van der Waals surface area contributed by atoms with Gasteiger partial charge in [0.15, 0.2) is 0 Å². The van der Waals surface area contributed by atoms with Gasteiger partial charge in [-0.1, -0.05) is 13.8 Å². The zero-order chi connectivity index (χ0) is 13.2. The molecular formula is C14H22N2O2. The highest BCUT2D eigenvalue weighted by Gasteiger charge is 2.36. The minimum absolute atomic E-state index is 0.127. The van der Waals surface area contributed by atoms with Gasteiger partial charge in [-0.25, -0.2) is 0 Å². The summed E-state index contributed by atoms with van der Waals surface area (Å²) in [4.78, 5) is 4.07. The summed E-state index contributed by atoms with van der Waals surface area (Å²) in [5.41, 5.74) is 6.81. The third kappa shape index (κ3) is 3.00. The van der Waals surface area contributed by atoms with Gasteiger partial charge in [0.1, 0.15) is 0 Å². The molecule has 1 saturated heterocycles. The van der Waals surface area contributed by atoms with E-state index >= 15 is 0 Å². The van der Waals surface area contributed by atoms with E-state index in [1.54, 1.807) is 18.5 Å². The molecule has 1 aromatic rings. The highest BCUT2D eigenvalue weighted by atomic mass is 16.5. The van der Waals surface area contributed by atoms with Gasteiger partial charge in [-0.3, -0.25) is 4.98 Å². The summed E-state index contributed by atoms with van der Waals surface area (Å²) < 4.78 is 5.70. The fourth-order valence-corrected chi connectivity index (χ4v) is 2.46. The van der Waals surface area contributed by atoms with Gasteiger partial charge in [0.05, 0.1) is 11.7 Å². The van der Waals surface area contributed by atoms with Crippen molar-refractivity contribution in [1.82, 2.24) is 4.98 Å². The summed E-state index contributed by atoms with van der Waals surface area (Å²) >= 11 is 0. The first-order chi connectivity index (χ1) is 8.50. The second-order valence-corrected chi connectivity index (χ2v) is 5.58. The number of nitrogen functional groups attached to an aromatic ring is 1. The molecule has 100 valence electrons. The molecule has 0 aliphatic carbocycles. The zero-order valence-corrected chi connectivity index (χ0v) is 11.1. The highest BCUT2D eigenvalue weighted by Crippen LogP contribution is 2.32. The summed E-state index contributed by atoms with van der Waals surface area (Å²) in [6, 6.07) is 1.78. The lowest BCUT2D eigenvalue weighted by molar-refractivity contribution is -0.116. The molecule has 0 radical (unpaired) electrons. The Balaban J connectivity index is 2.09. The Morgan fingerprint density at radius 3 is 3.06 bits per heavy atom. The van der Waals surface area contributed by atoms with Crippen molar-refractivity contribution in [3.05, 3.63) is 24.0 Å². The number of aliphatic hydroxyl groups is 1. The SMILES string of the molecule is CC(C)C1CC(O)(Cc2cnccc2N)CCO1. The number of rotatable bonds is 3. The van der Waals surface area contributed by atoms with Crippen molar-refractivity contribution in [3.8, 4) is 0 Å². The van der Waals surface area contributed by atoms with Crippen molar-refractivity contribution < 1.29 is 9.84 Å². The van der Waals surface area contributed by atoms with Gasteiger partial charge in [0.25, 0.3) is 0 Å². The van der Waals surface area contributed by atoms with Gasteiger partial charge in [0.2, 0.25) is 0 Å². The van der Waals surface area contributed by atoms with Crippen molar-refractivity contribution in [2.45, 2.75) is 44.8 Å². The molecule has 1 aromatic heterocycles. The maximum Gasteiger partial charge on any atom is 0.0736 e. The van der Waals surface area contributed by atoms with Crippen LogP contribution in [0, 0.1) is 5.92 Å². The number of anilines is 1. The second kappa shape index (κ2) is 5.24. The summed E-state index contributed by atoms with van der Waals surface area (Å²) in [6.07, 6.45) is 5.42. The van der Waals surface area contributed by atoms with Crippen molar-refractivity contribution in [2.75, 3.05) is 12.3 Å². The van der Waals surface area contributed by atoms with Crippen LogP contribution in [0.4, 0.5) is 5.69 Å². The molecule has 4 heteroatoms. The number of nitrogens with zero attached hydrogens (tertiary/aromatic N) is 1. The Morgan fingerprint density at radius 1 is 1.61 bits per heavy atom. The average molecular weight is 250 g/mol. The number of aromatic nitrogens is 1. The van der Waals surface area contributed by atoms with Crippen LogP contribution in [-0.2, 0) is 11.2 Å². The van der Waals surface area contributed by atoms with E-state index in [1.807, 2.05) is 0 Å². The maximum absolute atomic E-state index is 10.7. The molecule has 2 rings (SSSR count). The van der Waals surface area contributed by atoms with Crippen LogP contribution in [0.25, 0.3) is 0 Å². The summed E-state index contributed by atoms with van der Waals surface area (Å²) in [6.45, 7) is 4.85. The lowest BCUT2D eigenvalue weighted by Crippen LogP contribution is -2.44. The van der Waals surface area contributed by atoms with Gasteiger partial charge < -0.3 is 15.6 Å². The third-order valence-corrected chi connectivity index (χ3v) is 3.68. The van der Waals surface area contributed by atoms with E-state index in [4.69, 9.17) is 10.5 Å². The molecule has 4 nitrogen and oxygen atoms in total. The minimum Gasteiger partial charge on any atom is -0.398 e. The average Bonchev–Trinajstić information content (AvgIpc) is 2.32. The first-order valence-corrected chi connectivity index (χ1v) is 6.52. The Kier molecular flexibility index (Phi) is 3.88. The first-order valence-electron chi connectivity index (χ1n) is 6.52. The Bertz CT molecular complexity index is 409. The van der Waals surface area contributed by atoms with E-state index in [1.165, 1.54) is 0 Å². The normalized spacial score (nSPS) is 28.6. The summed E-state index contributed by atoms with van der Waals surface area (Å²) in [7, 11) is 0. The minimum atomic E-state index is -0.718. The molecule has 1 fully saturated rings. The number of pyridine rings is 1. The van der Waals surface area contributed by atoms with Gasteiger partial charge in [-0.2, -0.15) is 0 Å². The molecule has 2 unspecified atom stereocenters. The van der Waals surface area contributed by atoms with Gasteiger partial charge in [-0.05, 0) is 24.0 Å². The lowest BCUT2D eigenvalue weighted by atomic mass is 9.82. The Morgan fingerprint density at radius 2 is 2.39 bits per heavy atom. The van der Waals surface area contributed by atoms with Crippen molar-refractivity contribution >= 4 is 5.69 Å². The molecule has 3 N–H and O–H groups in total. The number of nitrogens with two attached hydrogens (primary N) is 1. The van der Waals surface area contributed by atoms with Crippen LogP contribution in [0.15, 0.2) is 18.5 Å². The third-order valence-electron chi connectivity index (χ3n) is 3.68. The predicted octanol–water partition coefficient (Wildman–Crippen LogP) is 1.77. The fourth-order valence-electron chi connectivity index (χ4n) is 2.46. The molecule has 18 heavy (non-hydrogen) atoms. The van der Waals surface area contributed by atoms with Crippen LogP contribution in [0.1, 0.15) is 32.3 Å². The largest absolute Gasteiger partial charge is 0.398 e. The van der Waals surface area contributed by atoms with E-state index in [0.717, 1.165) is 5.56 Å². The van der Waals surface area contributed by atoms with E-state index in [0.29, 0.717) is 37.5 Å². The topological polar surface area (TPSA) is 68.4 Å². The summed E-state index contributed by atoms with van der Waals surface area (Å²) in [5.74, 6) is 0.420. The standard InChI is InChI=1S/C14H22N2O2/c1-10(2)13-8-14(17,4-6-18-13)7-11-9-16-5-3-12(11)15/h3,5,9-10,13,17H,4,6-8H2,1-2H3,(H2,15,16). The Labute approximate surface area is 108 Å². The molecule has 1 aliphatic heterocycles. The number of ether oxygens (including phenoxy) is 1. The van der Waals surface area contributed by atoms with Crippen LogP contribution >= 0.6 is 0 Å². The van der Waals surface area contributed by atoms with Crippen LogP contribution in [-0.4, -0.2) is 28.4 Å². The fraction of sp³-hybridized carbons (Fsp3) is 0.643. The van der Waals surface area contributed by atoms with Gasteiger partial charge in [-0.15, -0.1) is 0 Å². The monoisotopic (exact) mass is 250 g/mol. The van der Waals surface area contributed by atoms with Crippen molar-refractivity contribution in [2.24, 2.45) is 5.92 Å².